The quantitative estimate of drug-likeness (QED) is 0.767. The second kappa shape index (κ2) is 6.43. The fourth-order valence-corrected chi connectivity index (χ4v) is 2.45. The Balaban J connectivity index is 3.27. The van der Waals surface area contributed by atoms with Crippen LogP contribution in [-0.2, 0) is 23.3 Å². The van der Waals surface area contributed by atoms with Crippen molar-refractivity contribution in [1.82, 2.24) is 4.72 Å². The van der Waals surface area contributed by atoms with E-state index in [1.165, 1.54) is 6.92 Å². The number of benzene rings is 1. The summed E-state index contributed by atoms with van der Waals surface area (Å²) in [6, 6.07) is 0.384. The van der Waals surface area contributed by atoms with Gasteiger partial charge in [0, 0.05) is 6.04 Å². The van der Waals surface area contributed by atoms with E-state index in [0.29, 0.717) is 12.1 Å². The lowest BCUT2D eigenvalue weighted by molar-refractivity contribution is -0.143. The fraction of sp³-hybridized carbons (Fsp3) is 0.571. The number of halogens is 6. The molecule has 2 atom stereocenters. The number of nitrogens with one attached hydrogen (secondary N) is 1. The summed E-state index contributed by atoms with van der Waals surface area (Å²) in [6.45, 7) is 6.27. The molecule has 0 spiro atoms. The van der Waals surface area contributed by atoms with Gasteiger partial charge >= 0.3 is 12.4 Å². The van der Waals surface area contributed by atoms with Crippen LogP contribution in [0.4, 0.5) is 26.3 Å². The maximum absolute atomic E-state index is 12.8. The Kier molecular flexibility index (Phi) is 5.58. The molecule has 0 aliphatic rings. The zero-order valence-electron chi connectivity index (χ0n) is 12.9. The van der Waals surface area contributed by atoms with Gasteiger partial charge in [-0.05, 0) is 51.5 Å². The van der Waals surface area contributed by atoms with E-state index in [0.717, 1.165) is 0 Å². The largest absolute Gasteiger partial charge is 0.416 e. The van der Waals surface area contributed by atoms with Crippen LogP contribution in [0.2, 0.25) is 0 Å². The Labute approximate surface area is 132 Å². The normalized spacial score (nSPS) is 16.3. The molecule has 1 rings (SSSR count). The molecule has 0 aliphatic heterocycles. The molecule has 0 saturated carbocycles. The molecule has 0 bridgehead atoms. The Morgan fingerprint density at radius 2 is 1.30 bits per heavy atom. The molecule has 132 valence electrons. The molecule has 0 radical (unpaired) electrons. The molecule has 0 aliphatic carbocycles. The minimum absolute atomic E-state index is 0.0664. The molecule has 1 aromatic carbocycles. The van der Waals surface area contributed by atoms with Gasteiger partial charge in [0.15, 0.2) is 0 Å². The van der Waals surface area contributed by atoms with Crippen LogP contribution in [-0.4, -0.2) is 8.96 Å². The number of hydrogen-bond acceptors (Lipinski definition) is 1. The second-order valence-corrected chi connectivity index (χ2v) is 8.06. The Bertz CT molecular complexity index is 556. The van der Waals surface area contributed by atoms with E-state index in [1.54, 1.807) is 20.8 Å². The minimum atomic E-state index is -4.90. The number of alkyl halides is 6. The van der Waals surface area contributed by atoms with Crippen LogP contribution in [0.3, 0.4) is 0 Å². The Morgan fingerprint density at radius 1 is 0.913 bits per heavy atom. The van der Waals surface area contributed by atoms with Gasteiger partial charge in [-0.15, -0.1) is 0 Å². The van der Waals surface area contributed by atoms with Crippen LogP contribution in [0.5, 0.6) is 0 Å². The standard InChI is InChI=1S/C14H17F6NOS/c1-8(21-23(22)12(2,3)4)9-5-10(13(15,16)17)7-11(6-9)14(18,19)20/h5-8,21H,1-4H3/t8-,23-/m0/s1. The van der Waals surface area contributed by atoms with E-state index < -0.39 is 45.3 Å². The maximum Gasteiger partial charge on any atom is 0.416 e. The first-order valence-corrected chi connectivity index (χ1v) is 7.75. The predicted octanol–water partition coefficient (Wildman–Crippen LogP) is 4.84. The zero-order valence-corrected chi connectivity index (χ0v) is 13.7. The van der Waals surface area contributed by atoms with E-state index in [9.17, 15) is 30.6 Å². The molecule has 0 amide bonds. The van der Waals surface area contributed by atoms with Crippen molar-refractivity contribution < 1.29 is 30.6 Å². The summed E-state index contributed by atoms with van der Waals surface area (Å²) in [5, 5.41) is 0. The molecule has 1 N–H and O–H groups in total. The molecule has 2 nitrogen and oxygen atoms in total. The highest BCUT2D eigenvalue weighted by atomic mass is 32.2. The topological polar surface area (TPSA) is 29.1 Å². The van der Waals surface area contributed by atoms with Gasteiger partial charge in [-0.25, -0.2) is 8.93 Å². The van der Waals surface area contributed by atoms with Crippen LogP contribution >= 0.6 is 0 Å². The van der Waals surface area contributed by atoms with Crippen LogP contribution in [0.1, 0.15) is 50.4 Å². The van der Waals surface area contributed by atoms with Gasteiger partial charge in [0.25, 0.3) is 0 Å². The highest BCUT2D eigenvalue weighted by molar-refractivity contribution is 7.84. The van der Waals surface area contributed by atoms with Gasteiger partial charge in [0.2, 0.25) is 0 Å². The summed E-state index contributed by atoms with van der Waals surface area (Å²) in [5.41, 5.74) is -3.01. The van der Waals surface area contributed by atoms with Gasteiger partial charge in [0.1, 0.15) is 0 Å². The molecule has 0 unspecified atom stereocenters. The van der Waals surface area contributed by atoms with Gasteiger partial charge in [-0.2, -0.15) is 26.3 Å². The Morgan fingerprint density at radius 3 is 1.61 bits per heavy atom. The van der Waals surface area contributed by atoms with Gasteiger partial charge in [0.05, 0.1) is 26.9 Å². The van der Waals surface area contributed by atoms with E-state index in [4.69, 9.17) is 0 Å². The van der Waals surface area contributed by atoms with Crippen molar-refractivity contribution in [3.05, 3.63) is 34.9 Å². The predicted molar refractivity (Wildman–Crippen MR) is 75.9 cm³/mol. The molecule has 9 heteroatoms. The molecule has 1 aromatic rings. The van der Waals surface area contributed by atoms with Crippen LogP contribution < -0.4 is 4.72 Å². The summed E-state index contributed by atoms with van der Waals surface area (Å²) < 4.78 is 90.6. The first-order valence-electron chi connectivity index (χ1n) is 6.60. The van der Waals surface area contributed by atoms with Crippen molar-refractivity contribution in [2.75, 3.05) is 0 Å². The summed E-state index contributed by atoms with van der Waals surface area (Å²) >= 11 is 0. The molecular weight excluding hydrogens is 344 g/mol. The third-order valence-electron chi connectivity index (χ3n) is 2.95. The van der Waals surface area contributed by atoms with Crippen LogP contribution in [0, 0.1) is 0 Å². The summed E-state index contributed by atoms with van der Waals surface area (Å²) in [7, 11) is -1.64. The van der Waals surface area contributed by atoms with Crippen LogP contribution in [0.25, 0.3) is 0 Å². The minimum Gasteiger partial charge on any atom is -0.242 e. The lowest BCUT2D eigenvalue weighted by Gasteiger charge is -2.23. The monoisotopic (exact) mass is 361 g/mol. The second-order valence-electron chi connectivity index (χ2n) is 6.06. The SMILES string of the molecule is C[C@H](N[S@@](=O)C(C)(C)C)c1cc(C(F)(F)F)cc(C(F)(F)F)c1. The van der Waals surface area contributed by atoms with Crippen molar-refractivity contribution in [2.24, 2.45) is 0 Å². The van der Waals surface area contributed by atoms with Crippen molar-refractivity contribution >= 4 is 11.0 Å². The molecule has 23 heavy (non-hydrogen) atoms. The van der Waals surface area contributed by atoms with E-state index in [2.05, 4.69) is 4.72 Å². The molecule has 0 fully saturated rings. The average molecular weight is 361 g/mol. The lowest BCUT2D eigenvalue weighted by atomic mass is 10.0. The molecule has 0 saturated heterocycles. The van der Waals surface area contributed by atoms with E-state index in [1.807, 2.05) is 0 Å². The van der Waals surface area contributed by atoms with Gasteiger partial charge < -0.3 is 0 Å². The maximum atomic E-state index is 12.8. The van der Waals surface area contributed by atoms with E-state index >= 15 is 0 Å². The third-order valence-corrected chi connectivity index (χ3v) is 4.63. The molecular formula is C14H17F6NOS. The molecule has 0 heterocycles. The van der Waals surface area contributed by atoms with Crippen molar-refractivity contribution in [2.45, 2.75) is 50.8 Å². The van der Waals surface area contributed by atoms with E-state index in [-0.39, 0.29) is 11.6 Å². The first kappa shape index (κ1) is 20.0. The summed E-state index contributed by atoms with van der Waals surface area (Å²) in [6.07, 6.45) is -9.81. The highest BCUT2D eigenvalue weighted by Crippen LogP contribution is 2.37. The lowest BCUT2D eigenvalue weighted by Crippen LogP contribution is -2.35. The summed E-state index contributed by atoms with van der Waals surface area (Å²) in [4.78, 5) is 0. The van der Waals surface area contributed by atoms with Crippen LogP contribution in [0.15, 0.2) is 18.2 Å². The highest BCUT2D eigenvalue weighted by Gasteiger charge is 2.37. The number of rotatable bonds is 3. The fourth-order valence-electron chi connectivity index (χ4n) is 1.63. The van der Waals surface area contributed by atoms with Gasteiger partial charge in [-0.1, -0.05) is 0 Å². The zero-order chi connectivity index (χ0) is 18.2. The third kappa shape index (κ3) is 5.49. The first-order chi connectivity index (χ1) is 10.1. The van der Waals surface area contributed by atoms with Crippen molar-refractivity contribution in [1.29, 1.82) is 0 Å². The van der Waals surface area contributed by atoms with Crippen molar-refractivity contribution in [3.8, 4) is 0 Å². The summed E-state index contributed by atoms with van der Waals surface area (Å²) in [5.74, 6) is 0. The van der Waals surface area contributed by atoms with Gasteiger partial charge in [-0.3, -0.25) is 0 Å². The molecule has 0 aromatic heterocycles. The van der Waals surface area contributed by atoms with Crippen molar-refractivity contribution in [3.63, 3.8) is 0 Å². The smallest absolute Gasteiger partial charge is 0.242 e. The number of hydrogen-bond donors (Lipinski definition) is 1. The average Bonchev–Trinajstić information content (AvgIpc) is 2.34. The Hall–Kier alpha value is -1.09.